The number of aromatic nitrogens is 2. The molecule has 160 valence electrons. The highest BCUT2D eigenvalue weighted by Gasteiger charge is 2.36. The molecule has 2 aromatic heterocycles. The van der Waals surface area contributed by atoms with E-state index in [4.69, 9.17) is 0 Å². The first-order chi connectivity index (χ1) is 14.9. The summed E-state index contributed by atoms with van der Waals surface area (Å²) in [6.45, 7) is 0.0918. The minimum atomic E-state index is -2.69. The average Bonchev–Trinajstić information content (AvgIpc) is 3.53. The molecule has 3 heterocycles. The van der Waals surface area contributed by atoms with Crippen LogP contribution in [0.2, 0.25) is 0 Å². The second kappa shape index (κ2) is 7.44. The molecule has 2 fully saturated rings. The van der Waals surface area contributed by atoms with Crippen molar-refractivity contribution in [1.29, 1.82) is 0 Å². The van der Waals surface area contributed by atoms with Gasteiger partial charge in [0.25, 0.3) is 11.8 Å². The summed E-state index contributed by atoms with van der Waals surface area (Å²) in [4.78, 5) is 30.7. The first-order valence-electron chi connectivity index (χ1n) is 10.5. The lowest BCUT2D eigenvalue weighted by Crippen LogP contribution is -2.42. The average molecular weight is 424 g/mol. The number of likely N-dealkylation sites (tertiary alicyclic amines) is 1. The number of carbonyl (C=O) groups excluding carboxylic acids is 2. The molecule has 0 spiro atoms. The Hall–Kier alpha value is -3.29. The van der Waals surface area contributed by atoms with Crippen molar-refractivity contribution in [2.75, 3.05) is 18.4 Å². The minimum absolute atomic E-state index is 0.0459. The summed E-state index contributed by atoms with van der Waals surface area (Å²) >= 11 is 0. The van der Waals surface area contributed by atoms with Gasteiger partial charge in [0.05, 0.1) is 5.56 Å². The van der Waals surface area contributed by atoms with Crippen molar-refractivity contribution >= 4 is 28.5 Å². The Morgan fingerprint density at radius 1 is 1.10 bits per heavy atom. The maximum atomic E-state index is 13.4. The van der Waals surface area contributed by atoms with E-state index >= 15 is 0 Å². The normalized spacial score (nSPS) is 18.2. The third-order valence-corrected chi connectivity index (χ3v) is 5.90. The number of nitrogens with zero attached hydrogens (tertiary/aromatic N) is 3. The second-order valence-corrected chi connectivity index (χ2v) is 8.28. The van der Waals surface area contributed by atoms with Gasteiger partial charge in [-0.15, -0.1) is 0 Å². The van der Waals surface area contributed by atoms with E-state index in [0.29, 0.717) is 11.2 Å². The van der Waals surface area contributed by atoms with Crippen molar-refractivity contribution in [3.05, 3.63) is 54.4 Å². The van der Waals surface area contributed by atoms with Crippen LogP contribution in [0.5, 0.6) is 0 Å². The highest BCUT2D eigenvalue weighted by molar-refractivity contribution is 5.97. The fourth-order valence-electron chi connectivity index (χ4n) is 3.89. The number of amides is 2. The topological polar surface area (TPSA) is 67.2 Å². The van der Waals surface area contributed by atoms with Crippen molar-refractivity contribution < 1.29 is 18.4 Å². The maximum absolute atomic E-state index is 13.4. The van der Waals surface area contributed by atoms with Gasteiger partial charge in [0.2, 0.25) is 5.91 Å². The molecule has 1 aromatic carbocycles. The number of nitrogens with one attached hydrogen (secondary N) is 1. The summed E-state index contributed by atoms with van der Waals surface area (Å²) in [6.07, 6.45) is 4.62. The van der Waals surface area contributed by atoms with Crippen molar-refractivity contribution in [3.8, 4) is 5.69 Å². The van der Waals surface area contributed by atoms with E-state index in [9.17, 15) is 18.4 Å². The van der Waals surface area contributed by atoms with Crippen LogP contribution in [0.15, 0.2) is 48.8 Å². The zero-order chi connectivity index (χ0) is 21.6. The van der Waals surface area contributed by atoms with Gasteiger partial charge in [0.15, 0.2) is 0 Å². The molecule has 0 radical (unpaired) electrons. The van der Waals surface area contributed by atoms with Crippen LogP contribution >= 0.6 is 0 Å². The van der Waals surface area contributed by atoms with Gasteiger partial charge in [-0.3, -0.25) is 9.59 Å². The Labute approximate surface area is 177 Å². The molecule has 2 amide bonds. The molecular weight excluding hydrogens is 402 g/mol. The molecule has 0 bridgehead atoms. The van der Waals surface area contributed by atoms with Crippen LogP contribution in [0.25, 0.3) is 16.7 Å². The van der Waals surface area contributed by atoms with Crippen LogP contribution in [-0.4, -0.2) is 45.3 Å². The number of benzene rings is 1. The Bertz CT molecular complexity index is 1160. The fraction of sp³-hybridized carbons (Fsp3) is 0.348. The smallest absolute Gasteiger partial charge is 0.255 e. The molecule has 3 aromatic rings. The van der Waals surface area contributed by atoms with E-state index < -0.39 is 5.92 Å². The Morgan fingerprint density at radius 2 is 1.87 bits per heavy atom. The third kappa shape index (κ3) is 4.02. The predicted molar refractivity (Wildman–Crippen MR) is 113 cm³/mol. The quantitative estimate of drug-likeness (QED) is 0.681. The summed E-state index contributed by atoms with van der Waals surface area (Å²) in [5.41, 5.74) is 2.63. The van der Waals surface area contributed by atoms with E-state index in [1.165, 1.54) is 11.1 Å². The van der Waals surface area contributed by atoms with Crippen LogP contribution in [0.3, 0.4) is 0 Å². The van der Waals surface area contributed by atoms with Gasteiger partial charge in [0.1, 0.15) is 5.65 Å². The number of hydrogen-bond donors (Lipinski definition) is 1. The number of carbonyl (C=O) groups is 2. The number of alkyl halides is 2. The first kappa shape index (κ1) is 19.7. The zero-order valence-electron chi connectivity index (χ0n) is 16.9. The lowest BCUT2D eigenvalue weighted by molar-refractivity contribution is -0.117. The summed E-state index contributed by atoms with van der Waals surface area (Å²) in [5, 5.41) is 3.72. The summed E-state index contributed by atoms with van der Waals surface area (Å²) in [5.74, 6) is -2.79. The molecule has 0 atom stereocenters. The van der Waals surface area contributed by atoms with E-state index in [0.717, 1.165) is 29.6 Å². The molecule has 31 heavy (non-hydrogen) atoms. The minimum Gasteiger partial charge on any atom is -0.338 e. The van der Waals surface area contributed by atoms with Crippen molar-refractivity contribution in [1.82, 2.24) is 14.5 Å². The summed E-state index contributed by atoms with van der Waals surface area (Å²) < 4.78 is 28.6. The largest absolute Gasteiger partial charge is 0.338 e. The Morgan fingerprint density at radius 3 is 2.61 bits per heavy atom. The number of hydrogen-bond acceptors (Lipinski definition) is 3. The predicted octanol–water partition coefficient (Wildman–Crippen LogP) is 4.25. The molecule has 0 unspecified atom stereocenters. The van der Waals surface area contributed by atoms with Crippen molar-refractivity contribution in [2.45, 2.75) is 31.6 Å². The van der Waals surface area contributed by atoms with E-state index in [1.54, 1.807) is 6.07 Å². The molecule has 2 aliphatic rings. The van der Waals surface area contributed by atoms with Crippen LogP contribution in [0.4, 0.5) is 14.5 Å². The van der Waals surface area contributed by atoms with Crippen LogP contribution in [0.1, 0.15) is 36.0 Å². The van der Waals surface area contributed by atoms with Gasteiger partial charge in [-0.1, -0.05) is 6.07 Å². The number of fused-ring (bicyclic) bond motifs is 1. The standard InChI is InChI=1S/C23H22F2N4O2/c24-23(25)7-10-28(11-8-23)22(31)17-12-16-6-9-29(20(16)26-14-17)19-3-1-2-18(13-19)27-21(30)15-4-5-15/h1-3,6,9,12-15H,4-5,7-8,10-11H2,(H,27,30). The highest BCUT2D eigenvalue weighted by Crippen LogP contribution is 2.31. The molecule has 5 rings (SSSR count). The molecule has 1 N–H and O–H groups in total. The number of pyridine rings is 1. The Balaban J connectivity index is 1.37. The van der Waals surface area contributed by atoms with Gasteiger partial charge in [-0.05, 0) is 43.2 Å². The zero-order valence-corrected chi connectivity index (χ0v) is 16.9. The third-order valence-electron chi connectivity index (χ3n) is 5.90. The van der Waals surface area contributed by atoms with E-state index in [-0.39, 0.29) is 43.7 Å². The number of piperidine rings is 1. The molecule has 8 heteroatoms. The molecule has 1 saturated carbocycles. The maximum Gasteiger partial charge on any atom is 0.255 e. The molecule has 1 aliphatic carbocycles. The molecule has 1 aliphatic heterocycles. The van der Waals surface area contributed by atoms with Gasteiger partial charge in [-0.25, -0.2) is 13.8 Å². The van der Waals surface area contributed by atoms with E-state index in [2.05, 4.69) is 10.3 Å². The van der Waals surface area contributed by atoms with Gasteiger partial charge in [-0.2, -0.15) is 0 Å². The van der Waals surface area contributed by atoms with Crippen LogP contribution in [0, 0.1) is 5.92 Å². The van der Waals surface area contributed by atoms with Gasteiger partial charge >= 0.3 is 0 Å². The molecule has 6 nitrogen and oxygen atoms in total. The number of halogens is 2. The SMILES string of the molecule is O=C(Nc1cccc(-n2ccc3cc(C(=O)N4CCC(F)(F)CC4)cnc32)c1)C1CC1. The Kier molecular flexibility index (Phi) is 4.72. The molecular formula is C23H22F2N4O2. The second-order valence-electron chi connectivity index (χ2n) is 8.28. The number of rotatable bonds is 4. The lowest BCUT2D eigenvalue weighted by Gasteiger charge is -2.31. The summed E-state index contributed by atoms with van der Waals surface area (Å²) in [6, 6.07) is 11.1. The summed E-state index contributed by atoms with van der Waals surface area (Å²) in [7, 11) is 0. The van der Waals surface area contributed by atoms with E-state index in [1.807, 2.05) is 41.1 Å². The number of anilines is 1. The lowest BCUT2D eigenvalue weighted by atomic mass is 10.1. The fourth-order valence-corrected chi connectivity index (χ4v) is 3.89. The highest BCUT2D eigenvalue weighted by atomic mass is 19.3. The molecule has 1 saturated heterocycles. The first-order valence-corrected chi connectivity index (χ1v) is 10.5. The van der Waals surface area contributed by atoms with Gasteiger partial charge < -0.3 is 14.8 Å². The van der Waals surface area contributed by atoms with Crippen LogP contribution in [-0.2, 0) is 4.79 Å². The van der Waals surface area contributed by atoms with Gasteiger partial charge in [0, 0.05) is 61.0 Å². The van der Waals surface area contributed by atoms with Crippen molar-refractivity contribution in [2.24, 2.45) is 5.92 Å². The monoisotopic (exact) mass is 424 g/mol. The van der Waals surface area contributed by atoms with Crippen molar-refractivity contribution in [3.63, 3.8) is 0 Å². The van der Waals surface area contributed by atoms with Crippen LogP contribution < -0.4 is 5.32 Å².